The van der Waals surface area contributed by atoms with Crippen LogP contribution in [-0.2, 0) is 14.4 Å². The smallest absolute Gasteiger partial charge is 0.331 e. The molecule has 0 aromatic heterocycles. The number of aliphatic carboxylic acids is 3. The van der Waals surface area contributed by atoms with Crippen LogP contribution in [-0.4, -0.2) is 56.2 Å². The minimum atomic E-state index is -1.26. The lowest BCUT2D eigenvalue weighted by Crippen LogP contribution is -2.07. The zero-order chi connectivity index (χ0) is 16.1. The molecule has 0 aliphatic rings. The van der Waals surface area contributed by atoms with E-state index < -0.39 is 24.0 Å². The van der Waals surface area contributed by atoms with Crippen molar-refractivity contribution in [1.82, 2.24) is 0 Å². The van der Waals surface area contributed by atoms with Gasteiger partial charge in [-0.25, -0.2) is 14.4 Å². The van der Waals surface area contributed by atoms with Crippen molar-refractivity contribution in [3.05, 3.63) is 23.8 Å². The van der Waals surface area contributed by atoms with Gasteiger partial charge in [-0.1, -0.05) is 0 Å². The lowest BCUT2D eigenvalue weighted by Gasteiger charge is -2.03. The third-order valence-corrected chi connectivity index (χ3v) is 1.81. The minimum absolute atomic E-state index is 0.0109. The molecule has 0 spiro atoms. The zero-order valence-electron chi connectivity index (χ0n) is 10.9. The van der Waals surface area contributed by atoms with Crippen LogP contribution in [0.1, 0.15) is 19.8 Å². The molecule has 0 aliphatic heterocycles. The lowest BCUT2D eigenvalue weighted by molar-refractivity contribution is -0.134. The van der Waals surface area contributed by atoms with Gasteiger partial charge in [0, 0.05) is 24.3 Å². The Bertz CT molecular complexity index is 367. The van der Waals surface area contributed by atoms with Gasteiger partial charge in [0.15, 0.2) is 0 Å². The number of aliphatic hydroxyl groups is 2. The molecule has 8 heteroatoms. The maximum Gasteiger partial charge on any atom is 0.331 e. The summed E-state index contributed by atoms with van der Waals surface area (Å²) in [6.07, 6.45) is 2.49. The van der Waals surface area contributed by atoms with Crippen LogP contribution in [0.3, 0.4) is 0 Å². The molecular formula is C12H18O8. The van der Waals surface area contributed by atoms with Crippen molar-refractivity contribution in [2.75, 3.05) is 6.61 Å². The number of carboxylic acid groups (broad SMARTS) is 3. The summed E-state index contributed by atoms with van der Waals surface area (Å²) in [5.41, 5.74) is 0.125. The van der Waals surface area contributed by atoms with Crippen LogP contribution in [0.2, 0.25) is 0 Å². The Balaban J connectivity index is 0. The second-order valence-corrected chi connectivity index (χ2v) is 3.60. The van der Waals surface area contributed by atoms with E-state index in [-0.39, 0.29) is 12.2 Å². The normalized spacial score (nSPS) is 12.4. The number of aliphatic hydroxyl groups excluding tert-OH is 2. The average Bonchev–Trinajstić information content (AvgIpc) is 2.34. The minimum Gasteiger partial charge on any atom is -0.478 e. The van der Waals surface area contributed by atoms with Crippen LogP contribution in [0.15, 0.2) is 23.8 Å². The zero-order valence-corrected chi connectivity index (χ0v) is 10.9. The van der Waals surface area contributed by atoms with Gasteiger partial charge >= 0.3 is 17.9 Å². The highest BCUT2D eigenvalue weighted by Crippen LogP contribution is 2.02. The van der Waals surface area contributed by atoms with Gasteiger partial charge in [0.25, 0.3) is 0 Å². The highest BCUT2D eigenvalue weighted by molar-refractivity contribution is 5.89. The van der Waals surface area contributed by atoms with Crippen molar-refractivity contribution in [2.24, 2.45) is 0 Å². The topological polar surface area (TPSA) is 152 Å². The first kappa shape index (κ1) is 20.1. The molecule has 5 N–H and O–H groups in total. The van der Waals surface area contributed by atoms with Gasteiger partial charge in [0.05, 0.1) is 6.10 Å². The largest absolute Gasteiger partial charge is 0.478 e. The Morgan fingerprint density at radius 3 is 1.80 bits per heavy atom. The van der Waals surface area contributed by atoms with Gasteiger partial charge in [-0.15, -0.1) is 0 Å². The van der Waals surface area contributed by atoms with E-state index in [0.717, 1.165) is 0 Å². The molecule has 0 aliphatic carbocycles. The molecule has 0 aromatic carbocycles. The van der Waals surface area contributed by atoms with E-state index >= 15 is 0 Å². The SMILES string of the molecule is CC(=CC(O)CCCO)C(=O)O.O=C(O)/C=C\C(=O)O. The van der Waals surface area contributed by atoms with Crippen LogP contribution < -0.4 is 0 Å². The van der Waals surface area contributed by atoms with Crippen molar-refractivity contribution < 1.29 is 39.9 Å². The standard InChI is InChI=1S/C8H14O4.C4H4O4/c1-6(8(11)12)5-7(10)3-2-4-9;5-3(6)1-2-4(7)8/h5,7,9-10H,2-4H2,1H3,(H,11,12);1-2H,(H,5,6)(H,7,8)/b;2-1-. The molecule has 0 bridgehead atoms. The Kier molecular flexibility index (Phi) is 12.0. The molecule has 0 amide bonds. The first-order chi connectivity index (χ1) is 9.20. The second-order valence-electron chi connectivity index (χ2n) is 3.60. The molecule has 8 nitrogen and oxygen atoms in total. The highest BCUT2D eigenvalue weighted by Gasteiger charge is 2.04. The number of rotatable bonds is 7. The summed E-state index contributed by atoms with van der Waals surface area (Å²) in [5.74, 6) is -3.54. The summed E-state index contributed by atoms with van der Waals surface area (Å²) in [6, 6.07) is 0. The lowest BCUT2D eigenvalue weighted by atomic mass is 10.1. The van der Waals surface area contributed by atoms with Gasteiger partial charge in [-0.05, 0) is 25.8 Å². The molecule has 0 rings (SSSR count). The molecule has 1 atom stereocenters. The van der Waals surface area contributed by atoms with E-state index in [2.05, 4.69) is 0 Å². The van der Waals surface area contributed by atoms with Crippen molar-refractivity contribution in [3.8, 4) is 0 Å². The molecule has 0 radical (unpaired) electrons. The Labute approximate surface area is 115 Å². The molecule has 1 unspecified atom stereocenters. The molecule has 0 heterocycles. The van der Waals surface area contributed by atoms with E-state index in [1.165, 1.54) is 13.0 Å². The van der Waals surface area contributed by atoms with Crippen LogP contribution in [0.25, 0.3) is 0 Å². The predicted molar refractivity (Wildman–Crippen MR) is 68.1 cm³/mol. The monoisotopic (exact) mass is 290 g/mol. The Morgan fingerprint density at radius 1 is 1.05 bits per heavy atom. The van der Waals surface area contributed by atoms with Crippen molar-refractivity contribution in [3.63, 3.8) is 0 Å². The molecule has 0 fully saturated rings. The molecule has 0 saturated heterocycles. The van der Waals surface area contributed by atoms with Crippen molar-refractivity contribution in [1.29, 1.82) is 0 Å². The van der Waals surface area contributed by atoms with Gasteiger partial charge in [-0.3, -0.25) is 0 Å². The summed E-state index contributed by atoms with van der Waals surface area (Å²) in [5, 5.41) is 41.6. The maximum atomic E-state index is 10.3. The second kappa shape index (κ2) is 11.9. The summed E-state index contributed by atoms with van der Waals surface area (Å²) >= 11 is 0. The molecule has 0 saturated carbocycles. The van der Waals surface area contributed by atoms with Crippen LogP contribution >= 0.6 is 0 Å². The van der Waals surface area contributed by atoms with E-state index in [4.69, 9.17) is 25.5 Å². The fourth-order valence-corrected chi connectivity index (χ4v) is 0.886. The van der Waals surface area contributed by atoms with E-state index in [0.29, 0.717) is 25.0 Å². The fourth-order valence-electron chi connectivity index (χ4n) is 0.886. The quantitative estimate of drug-likeness (QED) is 0.406. The predicted octanol–water partition coefficient (Wildman–Crippen LogP) is -0.138. The van der Waals surface area contributed by atoms with E-state index in [1.54, 1.807) is 0 Å². The summed E-state index contributed by atoms with van der Waals surface area (Å²) < 4.78 is 0. The summed E-state index contributed by atoms with van der Waals surface area (Å²) in [7, 11) is 0. The third-order valence-electron chi connectivity index (χ3n) is 1.81. The van der Waals surface area contributed by atoms with Gasteiger partial charge < -0.3 is 25.5 Å². The Hall–Kier alpha value is -2.19. The van der Waals surface area contributed by atoms with Gasteiger partial charge in [0.2, 0.25) is 0 Å². The highest BCUT2D eigenvalue weighted by atomic mass is 16.4. The molecule has 0 aromatic rings. The van der Waals surface area contributed by atoms with Gasteiger partial charge in [-0.2, -0.15) is 0 Å². The fraction of sp³-hybridized carbons (Fsp3) is 0.417. The first-order valence-corrected chi connectivity index (χ1v) is 5.55. The first-order valence-electron chi connectivity index (χ1n) is 5.55. The number of carboxylic acids is 3. The van der Waals surface area contributed by atoms with Crippen LogP contribution in [0.5, 0.6) is 0 Å². The third kappa shape index (κ3) is 15.8. The van der Waals surface area contributed by atoms with E-state index in [9.17, 15) is 14.4 Å². The Morgan fingerprint density at radius 2 is 1.50 bits per heavy atom. The summed E-state index contributed by atoms with van der Waals surface area (Å²) in [4.78, 5) is 29.4. The van der Waals surface area contributed by atoms with Crippen molar-refractivity contribution in [2.45, 2.75) is 25.9 Å². The van der Waals surface area contributed by atoms with E-state index in [1.807, 2.05) is 0 Å². The van der Waals surface area contributed by atoms with Gasteiger partial charge in [0.1, 0.15) is 0 Å². The van der Waals surface area contributed by atoms with Crippen molar-refractivity contribution >= 4 is 17.9 Å². The molecule has 20 heavy (non-hydrogen) atoms. The number of hydrogen-bond donors (Lipinski definition) is 5. The number of hydrogen-bond acceptors (Lipinski definition) is 5. The molecule has 114 valence electrons. The summed E-state index contributed by atoms with van der Waals surface area (Å²) in [6.45, 7) is 1.43. The van der Waals surface area contributed by atoms with Crippen LogP contribution in [0, 0.1) is 0 Å². The average molecular weight is 290 g/mol. The maximum absolute atomic E-state index is 10.3. The number of carbonyl (C=O) groups is 3. The molecular weight excluding hydrogens is 272 g/mol. The van der Waals surface area contributed by atoms with Crippen LogP contribution in [0.4, 0.5) is 0 Å².